The molecule has 0 aliphatic carbocycles. The molecule has 1 amide bonds. The number of anilines is 1. The summed E-state index contributed by atoms with van der Waals surface area (Å²) in [5, 5.41) is 8.86. The number of aryl methyl sites for hydroxylation is 1. The van der Waals surface area contributed by atoms with Crippen LogP contribution < -0.4 is 10.5 Å². The first-order valence-electron chi connectivity index (χ1n) is 9.63. The van der Waals surface area contributed by atoms with Gasteiger partial charge in [-0.15, -0.1) is 0 Å². The predicted octanol–water partition coefficient (Wildman–Crippen LogP) is 1.38. The Hall–Kier alpha value is -3.18. The Balaban J connectivity index is 1.60. The van der Waals surface area contributed by atoms with Crippen LogP contribution in [0.1, 0.15) is 28.8 Å². The van der Waals surface area contributed by atoms with E-state index in [1.807, 2.05) is 17.0 Å². The normalized spacial score (nSPS) is 13.8. The molecule has 1 aliphatic heterocycles. The molecule has 29 heavy (non-hydrogen) atoms. The summed E-state index contributed by atoms with van der Waals surface area (Å²) in [6, 6.07) is 9.22. The van der Waals surface area contributed by atoms with Crippen LogP contribution in [0.2, 0.25) is 0 Å². The topological polar surface area (TPSA) is 102 Å². The van der Waals surface area contributed by atoms with Gasteiger partial charge in [-0.05, 0) is 31.0 Å². The molecule has 3 rings (SSSR count). The molecule has 1 N–H and O–H groups in total. The summed E-state index contributed by atoms with van der Waals surface area (Å²) in [4.78, 5) is 36.0. The highest BCUT2D eigenvalue weighted by atomic mass is 16.5. The maximum atomic E-state index is 12.5. The van der Waals surface area contributed by atoms with E-state index in [1.54, 1.807) is 31.0 Å². The summed E-state index contributed by atoms with van der Waals surface area (Å²) in [7, 11) is 1.73. The highest BCUT2D eigenvalue weighted by Gasteiger charge is 2.17. The van der Waals surface area contributed by atoms with Crippen LogP contribution in [0.25, 0.3) is 0 Å². The SMILES string of the molecule is Cc1nc(N2CCOCC2)[nH]c(=O)c1CCC(=O)N(C)Cc1ccc(C#N)cc1. The summed E-state index contributed by atoms with van der Waals surface area (Å²) in [5.41, 5.74) is 2.54. The summed E-state index contributed by atoms with van der Waals surface area (Å²) in [6.45, 7) is 4.88. The third-order valence-electron chi connectivity index (χ3n) is 5.04. The van der Waals surface area contributed by atoms with Crippen LogP contribution in [0.3, 0.4) is 0 Å². The number of rotatable bonds is 6. The van der Waals surface area contributed by atoms with E-state index in [1.165, 1.54) is 0 Å². The molecule has 2 heterocycles. The van der Waals surface area contributed by atoms with Crippen molar-refractivity contribution in [1.29, 1.82) is 5.26 Å². The second-order valence-corrected chi connectivity index (χ2v) is 7.11. The van der Waals surface area contributed by atoms with E-state index in [0.29, 0.717) is 62.0 Å². The van der Waals surface area contributed by atoms with Crippen LogP contribution in [0.15, 0.2) is 29.1 Å². The number of nitrogens with one attached hydrogen (secondary N) is 1. The molecule has 0 bridgehead atoms. The van der Waals surface area contributed by atoms with Crippen LogP contribution in [-0.2, 0) is 22.5 Å². The molecule has 152 valence electrons. The van der Waals surface area contributed by atoms with E-state index < -0.39 is 0 Å². The fourth-order valence-corrected chi connectivity index (χ4v) is 3.28. The molecule has 0 unspecified atom stereocenters. The second kappa shape index (κ2) is 9.34. The lowest BCUT2D eigenvalue weighted by Gasteiger charge is -2.27. The van der Waals surface area contributed by atoms with Gasteiger partial charge in [-0.1, -0.05) is 12.1 Å². The van der Waals surface area contributed by atoms with Gasteiger partial charge in [0.1, 0.15) is 0 Å². The Bertz CT molecular complexity index is 956. The number of ether oxygens (including phenoxy) is 1. The van der Waals surface area contributed by atoms with Crippen molar-refractivity contribution < 1.29 is 9.53 Å². The van der Waals surface area contributed by atoms with Crippen LogP contribution in [0, 0.1) is 18.3 Å². The van der Waals surface area contributed by atoms with Gasteiger partial charge in [0.25, 0.3) is 5.56 Å². The molecule has 8 heteroatoms. The molecule has 8 nitrogen and oxygen atoms in total. The molecule has 1 aliphatic rings. The number of amides is 1. The first-order chi connectivity index (χ1) is 14.0. The van der Waals surface area contributed by atoms with Crippen molar-refractivity contribution >= 4 is 11.9 Å². The van der Waals surface area contributed by atoms with Gasteiger partial charge in [0.2, 0.25) is 11.9 Å². The van der Waals surface area contributed by atoms with Gasteiger partial charge in [0.15, 0.2) is 0 Å². The zero-order chi connectivity index (χ0) is 20.8. The average Bonchev–Trinajstić information content (AvgIpc) is 2.74. The van der Waals surface area contributed by atoms with E-state index in [4.69, 9.17) is 10.00 Å². The number of nitriles is 1. The van der Waals surface area contributed by atoms with Crippen molar-refractivity contribution in [3.63, 3.8) is 0 Å². The van der Waals surface area contributed by atoms with Crippen LogP contribution in [-0.4, -0.2) is 54.1 Å². The quantitative estimate of drug-likeness (QED) is 0.793. The number of benzene rings is 1. The Morgan fingerprint density at radius 1 is 1.31 bits per heavy atom. The molecule has 1 saturated heterocycles. The molecule has 1 aromatic carbocycles. The smallest absolute Gasteiger partial charge is 0.255 e. The Labute approximate surface area is 169 Å². The summed E-state index contributed by atoms with van der Waals surface area (Å²) < 4.78 is 5.33. The van der Waals surface area contributed by atoms with Gasteiger partial charge in [-0.25, -0.2) is 4.98 Å². The molecular weight excluding hydrogens is 370 g/mol. The fraction of sp³-hybridized carbons (Fsp3) is 0.429. The van der Waals surface area contributed by atoms with Crippen molar-refractivity contribution in [2.75, 3.05) is 38.3 Å². The van der Waals surface area contributed by atoms with E-state index in [0.717, 1.165) is 5.56 Å². The van der Waals surface area contributed by atoms with E-state index in [2.05, 4.69) is 16.0 Å². The number of nitrogens with zero attached hydrogens (tertiary/aromatic N) is 4. The highest BCUT2D eigenvalue weighted by Crippen LogP contribution is 2.12. The number of carbonyl (C=O) groups excluding carboxylic acids is 1. The number of morpholine rings is 1. The van der Waals surface area contributed by atoms with Gasteiger partial charge in [-0.3, -0.25) is 14.6 Å². The molecule has 0 saturated carbocycles. The third kappa shape index (κ3) is 5.21. The minimum absolute atomic E-state index is 0.0505. The summed E-state index contributed by atoms with van der Waals surface area (Å²) in [5.74, 6) is 0.509. The number of aromatic nitrogens is 2. The minimum atomic E-state index is -0.193. The molecule has 1 aromatic heterocycles. The zero-order valence-corrected chi connectivity index (χ0v) is 16.8. The highest BCUT2D eigenvalue weighted by molar-refractivity contribution is 5.76. The molecule has 0 spiro atoms. The molecule has 0 radical (unpaired) electrons. The molecule has 0 atom stereocenters. The van der Waals surface area contributed by atoms with E-state index in [-0.39, 0.29) is 17.9 Å². The van der Waals surface area contributed by atoms with Crippen LogP contribution in [0.4, 0.5) is 5.95 Å². The van der Waals surface area contributed by atoms with Gasteiger partial charge < -0.3 is 14.5 Å². The van der Waals surface area contributed by atoms with Crippen molar-refractivity contribution in [2.45, 2.75) is 26.3 Å². The standard InChI is InChI=1S/C21H25N5O3/c1-15-18(20(28)24-21(23-15)26-9-11-29-12-10-26)7-8-19(27)25(2)14-17-5-3-16(13-22)4-6-17/h3-6H,7-12,14H2,1-2H3,(H,23,24,28). The fourth-order valence-electron chi connectivity index (χ4n) is 3.28. The largest absolute Gasteiger partial charge is 0.378 e. The maximum absolute atomic E-state index is 12.5. The average molecular weight is 395 g/mol. The van der Waals surface area contributed by atoms with Crippen LogP contribution >= 0.6 is 0 Å². The minimum Gasteiger partial charge on any atom is -0.378 e. The van der Waals surface area contributed by atoms with E-state index >= 15 is 0 Å². The third-order valence-corrected chi connectivity index (χ3v) is 5.04. The van der Waals surface area contributed by atoms with Gasteiger partial charge >= 0.3 is 0 Å². The van der Waals surface area contributed by atoms with Crippen molar-refractivity contribution in [2.24, 2.45) is 0 Å². The molecule has 2 aromatic rings. The predicted molar refractivity (Wildman–Crippen MR) is 109 cm³/mol. The van der Waals surface area contributed by atoms with Gasteiger partial charge in [0, 0.05) is 44.4 Å². The number of hydrogen-bond acceptors (Lipinski definition) is 6. The van der Waals surface area contributed by atoms with E-state index in [9.17, 15) is 9.59 Å². The Morgan fingerprint density at radius 3 is 2.62 bits per heavy atom. The number of hydrogen-bond donors (Lipinski definition) is 1. The lowest BCUT2D eigenvalue weighted by atomic mass is 10.1. The van der Waals surface area contributed by atoms with Gasteiger partial charge in [0.05, 0.1) is 24.8 Å². The van der Waals surface area contributed by atoms with Crippen molar-refractivity contribution in [3.05, 3.63) is 57.0 Å². The lowest BCUT2D eigenvalue weighted by Crippen LogP contribution is -2.38. The summed E-state index contributed by atoms with van der Waals surface area (Å²) >= 11 is 0. The maximum Gasteiger partial charge on any atom is 0.255 e. The van der Waals surface area contributed by atoms with Crippen molar-refractivity contribution in [1.82, 2.24) is 14.9 Å². The van der Waals surface area contributed by atoms with Gasteiger partial charge in [-0.2, -0.15) is 5.26 Å². The first-order valence-corrected chi connectivity index (χ1v) is 9.63. The van der Waals surface area contributed by atoms with Crippen LogP contribution in [0.5, 0.6) is 0 Å². The number of aromatic amines is 1. The summed E-state index contributed by atoms with van der Waals surface area (Å²) in [6.07, 6.45) is 0.573. The Kier molecular flexibility index (Phi) is 6.62. The lowest BCUT2D eigenvalue weighted by molar-refractivity contribution is -0.130. The number of carbonyl (C=O) groups is 1. The molecule has 1 fully saturated rings. The Morgan fingerprint density at radius 2 is 2.00 bits per heavy atom. The zero-order valence-electron chi connectivity index (χ0n) is 16.8. The monoisotopic (exact) mass is 395 g/mol. The first kappa shape index (κ1) is 20.6. The molecular formula is C21H25N5O3. The van der Waals surface area contributed by atoms with Crippen molar-refractivity contribution in [3.8, 4) is 6.07 Å². The number of H-pyrrole nitrogens is 1. The second-order valence-electron chi connectivity index (χ2n) is 7.11.